The van der Waals surface area contributed by atoms with E-state index in [9.17, 15) is 4.79 Å². The van der Waals surface area contributed by atoms with E-state index in [1.165, 1.54) is 0 Å². The van der Waals surface area contributed by atoms with Crippen molar-refractivity contribution in [2.75, 3.05) is 30.3 Å². The number of nitrogens with one attached hydrogen (secondary N) is 2. The molecule has 0 bridgehead atoms. The zero-order valence-electron chi connectivity index (χ0n) is 12.1. The molecular formula is C13H23N5O. The van der Waals surface area contributed by atoms with Gasteiger partial charge >= 0.3 is 0 Å². The van der Waals surface area contributed by atoms with E-state index in [4.69, 9.17) is 0 Å². The van der Waals surface area contributed by atoms with Crippen molar-refractivity contribution in [3.8, 4) is 0 Å². The van der Waals surface area contributed by atoms with Crippen LogP contribution in [0.2, 0.25) is 0 Å². The van der Waals surface area contributed by atoms with Gasteiger partial charge in [-0.05, 0) is 27.7 Å². The molecular weight excluding hydrogens is 242 g/mol. The van der Waals surface area contributed by atoms with Crippen LogP contribution in [0.5, 0.6) is 0 Å². The van der Waals surface area contributed by atoms with E-state index >= 15 is 0 Å². The van der Waals surface area contributed by atoms with Gasteiger partial charge in [0, 0.05) is 19.6 Å². The highest BCUT2D eigenvalue weighted by Gasteiger charge is 2.18. The third kappa shape index (κ3) is 4.39. The fourth-order valence-corrected chi connectivity index (χ4v) is 1.79. The molecule has 6 nitrogen and oxygen atoms in total. The second-order valence-electron chi connectivity index (χ2n) is 4.20. The number of nitrogens with zero attached hydrogens (tertiary/aromatic N) is 3. The van der Waals surface area contributed by atoms with Crippen molar-refractivity contribution in [1.82, 2.24) is 14.9 Å². The lowest BCUT2D eigenvalue weighted by Crippen LogP contribution is -2.41. The van der Waals surface area contributed by atoms with Crippen LogP contribution in [0.15, 0.2) is 12.4 Å². The van der Waals surface area contributed by atoms with Crippen LogP contribution in [0.25, 0.3) is 0 Å². The molecule has 106 valence electrons. The summed E-state index contributed by atoms with van der Waals surface area (Å²) in [4.78, 5) is 22.3. The highest BCUT2D eigenvalue weighted by molar-refractivity contribution is 5.84. The quantitative estimate of drug-likeness (QED) is 0.783. The molecule has 1 aromatic heterocycles. The van der Waals surface area contributed by atoms with E-state index in [0.29, 0.717) is 24.7 Å². The fraction of sp³-hybridized carbons (Fsp3) is 0.615. The number of rotatable bonds is 7. The number of carbonyl (C=O) groups excluding carboxylic acids is 1. The molecule has 0 radical (unpaired) electrons. The van der Waals surface area contributed by atoms with Crippen molar-refractivity contribution < 1.29 is 4.79 Å². The number of hydrogen-bond acceptors (Lipinski definition) is 5. The van der Waals surface area contributed by atoms with Crippen molar-refractivity contribution >= 4 is 17.5 Å². The summed E-state index contributed by atoms with van der Waals surface area (Å²) in [5, 5.41) is 6.17. The van der Waals surface area contributed by atoms with E-state index in [0.717, 1.165) is 6.54 Å². The SMILES string of the molecule is CCNc1cncc(NC(C)C(=O)N(CC)CC)n1. The summed E-state index contributed by atoms with van der Waals surface area (Å²) in [5.74, 6) is 1.38. The van der Waals surface area contributed by atoms with Crippen molar-refractivity contribution in [2.45, 2.75) is 33.7 Å². The zero-order chi connectivity index (χ0) is 14.3. The third-order valence-corrected chi connectivity index (χ3v) is 2.80. The average molecular weight is 265 g/mol. The summed E-state index contributed by atoms with van der Waals surface area (Å²) in [6.07, 6.45) is 3.28. The molecule has 0 aliphatic heterocycles. The van der Waals surface area contributed by atoms with Crippen LogP contribution in [-0.4, -0.2) is 46.5 Å². The second kappa shape index (κ2) is 7.56. The van der Waals surface area contributed by atoms with Gasteiger partial charge in [0.25, 0.3) is 0 Å². The van der Waals surface area contributed by atoms with Gasteiger partial charge in [0.1, 0.15) is 17.7 Å². The molecule has 0 fully saturated rings. The predicted octanol–water partition coefficient (Wildman–Crippen LogP) is 1.58. The Kier molecular flexibility index (Phi) is 6.05. The second-order valence-corrected chi connectivity index (χ2v) is 4.20. The predicted molar refractivity (Wildman–Crippen MR) is 77.2 cm³/mol. The minimum Gasteiger partial charge on any atom is -0.369 e. The third-order valence-electron chi connectivity index (χ3n) is 2.80. The van der Waals surface area contributed by atoms with Gasteiger partial charge in [-0.25, -0.2) is 4.98 Å². The number of amides is 1. The van der Waals surface area contributed by atoms with E-state index < -0.39 is 0 Å². The van der Waals surface area contributed by atoms with Crippen LogP contribution in [0.1, 0.15) is 27.7 Å². The normalized spacial score (nSPS) is 11.8. The molecule has 0 aliphatic carbocycles. The number of hydrogen-bond donors (Lipinski definition) is 2. The molecule has 1 amide bonds. The molecule has 0 aromatic carbocycles. The van der Waals surface area contributed by atoms with Crippen molar-refractivity contribution in [2.24, 2.45) is 0 Å². The van der Waals surface area contributed by atoms with Crippen molar-refractivity contribution in [3.63, 3.8) is 0 Å². The Labute approximate surface area is 114 Å². The zero-order valence-corrected chi connectivity index (χ0v) is 12.1. The first-order chi connectivity index (χ1) is 9.12. The summed E-state index contributed by atoms with van der Waals surface area (Å²) in [6, 6.07) is -0.314. The van der Waals surface area contributed by atoms with Crippen LogP contribution in [0.4, 0.5) is 11.6 Å². The van der Waals surface area contributed by atoms with Crippen LogP contribution in [0.3, 0.4) is 0 Å². The van der Waals surface area contributed by atoms with Crippen LogP contribution in [-0.2, 0) is 4.79 Å². The Morgan fingerprint density at radius 2 is 1.89 bits per heavy atom. The van der Waals surface area contributed by atoms with E-state index in [2.05, 4.69) is 20.6 Å². The number of aromatic nitrogens is 2. The van der Waals surface area contributed by atoms with Gasteiger partial charge in [0.2, 0.25) is 5.91 Å². The van der Waals surface area contributed by atoms with Gasteiger partial charge in [-0.2, -0.15) is 0 Å². The van der Waals surface area contributed by atoms with E-state index in [-0.39, 0.29) is 11.9 Å². The topological polar surface area (TPSA) is 70.2 Å². The molecule has 1 rings (SSSR count). The maximum atomic E-state index is 12.1. The van der Waals surface area contributed by atoms with E-state index in [1.54, 1.807) is 17.3 Å². The minimum atomic E-state index is -0.314. The molecule has 19 heavy (non-hydrogen) atoms. The van der Waals surface area contributed by atoms with Crippen LogP contribution < -0.4 is 10.6 Å². The fourth-order valence-electron chi connectivity index (χ4n) is 1.79. The molecule has 1 heterocycles. The Hall–Kier alpha value is -1.85. The first-order valence-electron chi connectivity index (χ1n) is 6.73. The number of carbonyl (C=O) groups is 1. The summed E-state index contributed by atoms with van der Waals surface area (Å²) in [6.45, 7) is 9.98. The van der Waals surface area contributed by atoms with Gasteiger partial charge in [-0.15, -0.1) is 0 Å². The van der Waals surface area contributed by atoms with Gasteiger partial charge in [0.15, 0.2) is 0 Å². The van der Waals surface area contributed by atoms with Crippen molar-refractivity contribution in [3.05, 3.63) is 12.4 Å². The summed E-state index contributed by atoms with van der Waals surface area (Å²) in [5.41, 5.74) is 0. The maximum absolute atomic E-state index is 12.1. The first-order valence-corrected chi connectivity index (χ1v) is 6.73. The lowest BCUT2D eigenvalue weighted by molar-refractivity contribution is -0.131. The Balaban J connectivity index is 2.68. The van der Waals surface area contributed by atoms with Gasteiger partial charge in [0.05, 0.1) is 12.4 Å². The maximum Gasteiger partial charge on any atom is 0.244 e. The average Bonchev–Trinajstić information content (AvgIpc) is 2.40. The standard InChI is InChI=1S/C13H23N5O/c1-5-15-11-8-14-9-12(17-11)16-10(4)13(19)18(6-2)7-3/h8-10H,5-7H2,1-4H3,(H2,15,16,17). The van der Waals surface area contributed by atoms with Crippen molar-refractivity contribution in [1.29, 1.82) is 0 Å². The van der Waals surface area contributed by atoms with Gasteiger partial charge < -0.3 is 15.5 Å². The molecule has 1 unspecified atom stereocenters. The Bertz CT molecular complexity index is 406. The monoisotopic (exact) mass is 265 g/mol. The summed E-state index contributed by atoms with van der Waals surface area (Å²) >= 11 is 0. The first kappa shape index (κ1) is 15.2. The summed E-state index contributed by atoms with van der Waals surface area (Å²) < 4.78 is 0. The molecule has 0 spiro atoms. The number of likely N-dealkylation sites (N-methyl/N-ethyl adjacent to an activating group) is 1. The molecule has 0 aliphatic rings. The van der Waals surface area contributed by atoms with Crippen LogP contribution in [0, 0.1) is 0 Å². The summed E-state index contributed by atoms with van der Waals surface area (Å²) in [7, 11) is 0. The Morgan fingerprint density at radius 1 is 1.26 bits per heavy atom. The minimum absolute atomic E-state index is 0.0700. The molecule has 2 N–H and O–H groups in total. The van der Waals surface area contributed by atoms with Gasteiger partial charge in [-0.1, -0.05) is 0 Å². The molecule has 0 saturated carbocycles. The highest BCUT2D eigenvalue weighted by Crippen LogP contribution is 2.08. The largest absolute Gasteiger partial charge is 0.369 e. The van der Waals surface area contributed by atoms with Gasteiger partial charge in [-0.3, -0.25) is 9.78 Å². The van der Waals surface area contributed by atoms with E-state index in [1.807, 2.05) is 27.7 Å². The van der Waals surface area contributed by atoms with Crippen LogP contribution >= 0.6 is 0 Å². The molecule has 6 heteroatoms. The molecule has 0 saturated heterocycles. The molecule has 1 aromatic rings. The lowest BCUT2D eigenvalue weighted by Gasteiger charge is -2.23. The Morgan fingerprint density at radius 3 is 2.47 bits per heavy atom. The highest BCUT2D eigenvalue weighted by atomic mass is 16.2. The smallest absolute Gasteiger partial charge is 0.244 e. The lowest BCUT2D eigenvalue weighted by atomic mass is 10.3. The number of anilines is 2. The molecule has 1 atom stereocenters.